The molecule has 2 aliphatic heterocycles. The van der Waals surface area contributed by atoms with Crippen LogP contribution in [0.5, 0.6) is 0 Å². The number of likely N-dealkylation sites (tertiary alicyclic amines) is 1. The summed E-state index contributed by atoms with van der Waals surface area (Å²) >= 11 is 0. The highest BCUT2D eigenvalue weighted by atomic mass is 16.5. The molecule has 2 fully saturated rings. The molecule has 126 valence electrons. The van der Waals surface area contributed by atoms with Gasteiger partial charge in [-0.3, -0.25) is 4.90 Å². The van der Waals surface area contributed by atoms with Gasteiger partial charge in [0.2, 0.25) is 0 Å². The molecular formula is C20H35NO. The molecule has 3 rings (SSSR count). The van der Waals surface area contributed by atoms with E-state index in [4.69, 9.17) is 4.74 Å². The van der Waals surface area contributed by atoms with Crippen LogP contribution in [0.25, 0.3) is 0 Å². The predicted octanol–water partition coefficient (Wildman–Crippen LogP) is 5.30. The van der Waals surface area contributed by atoms with E-state index in [2.05, 4.69) is 49.2 Å². The Hall–Kier alpha value is -0.860. The second-order valence-corrected chi connectivity index (χ2v) is 6.08. The molecule has 3 atom stereocenters. The number of nitrogens with zero attached hydrogens (tertiary/aromatic N) is 1. The molecule has 3 unspecified atom stereocenters. The molecule has 1 spiro atoms. The Kier molecular flexibility index (Phi) is 8.13. The maximum Gasteiger partial charge on any atom is 0.0882 e. The fourth-order valence-corrected chi connectivity index (χ4v) is 3.87. The lowest BCUT2D eigenvalue weighted by Gasteiger charge is -2.46. The zero-order valence-electron chi connectivity index (χ0n) is 15.4. The van der Waals surface area contributed by atoms with Crippen molar-refractivity contribution in [2.75, 3.05) is 20.2 Å². The maximum atomic E-state index is 6.29. The van der Waals surface area contributed by atoms with Gasteiger partial charge in [0.25, 0.3) is 0 Å². The average Bonchev–Trinajstić information content (AvgIpc) is 2.93. The van der Waals surface area contributed by atoms with Gasteiger partial charge in [-0.25, -0.2) is 0 Å². The molecule has 1 aromatic rings. The van der Waals surface area contributed by atoms with Gasteiger partial charge in [-0.1, -0.05) is 65.0 Å². The zero-order chi connectivity index (χ0) is 16.6. The molecule has 0 saturated carbocycles. The Morgan fingerprint density at radius 2 is 1.73 bits per heavy atom. The van der Waals surface area contributed by atoms with Crippen LogP contribution in [0.15, 0.2) is 30.3 Å². The van der Waals surface area contributed by atoms with E-state index < -0.39 is 0 Å². The number of hydrogen-bond donors (Lipinski definition) is 0. The van der Waals surface area contributed by atoms with E-state index in [0.717, 1.165) is 6.61 Å². The lowest BCUT2D eigenvalue weighted by Crippen LogP contribution is -2.49. The second-order valence-electron chi connectivity index (χ2n) is 6.08. The number of likely N-dealkylation sites (N-methyl/N-ethyl adjacent to an activating group) is 1. The van der Waals surface area contributed by atoms with Crippen LogP contribution in [-0.2, 0) is 4.74 Å². The minimum Gasteiger partial charge on any atom is -0.373 e. The number of rotatable bonds is 1. The Labute approximate surface area is 137 Å². The molecule has 0 aromatic heterocycles. The van der Waals surface area contributed by atoms with E-state index in [1.165, 1.54) is 31.4 Å². The summed E-state index contributed by atoms with van der Waals surface area (Å²) < 4.78 is 6.29. The van der Waals surface area contributed by atoms with Gasteiger partial charge in [0.1, 0.15) is 0 Å². The molecule has 0 amide bonds. The first kappa shape index (κ1) is 19.2. The first-order valence-electron chi connectivity index (χ1n) is 9.10. The minimum atomic E-state index is 0.0633. The topological polar surface area (TPSA) is 12.5 Å². The van der Waals surface area contributed by atoms with Crippen LogP contribution in [0.2, 0.25) is 0 Å². The quantitative estimate of drug-likeness (QED) is 0.698. The minimum absolute atomic E-state index is 0.0633. The summed E-state index contributed by atoms with van der Waals surface area (Å²) in [5.74, 6) is 0.697. The highest BCUT2D eigenvalue weighted by molar-refractivity contribution is 5.24. The van der Waals surface area contributed by atoms with Gasteiger partial charge in [0, 0.05) is 0 Å². The van der Waals surface area contributed by atoms with Crippen molar-refractivity contribution in [1.29, 1.82) is 0 Å². The summed E-state index contributed by atoms with van der Waals surface area (Å²) in [6, 6.07) is 11.3. The van der Waals surface area contributed by atoms with Crippen molar-refractivity contribution >= 4 is 0 Å². The molecule has 2 heteroatoms. The smallest absolute Gasteiger partial charge is 0.0882 e. The largest absolute Gasteiger partial charge is 0.373 e. The summed E-state index contributed by atoms with van der Waals surface area (Å²) in [7, 11) is 2.24. The van der Waals surface area contributed by atoms with E-state index in [-0.39, 0.29) is 5.60 Å². The number of ether oxygens (including phenoxy) is 1. The van der Waals surface area contributed by atoms with Crippen LogP contribution in [0.4, 0.5) is 0 Å². The normalized spacial score (nSPS) is 31.0. The van der Waals surface area contributed by atoms with Crippen molar-refractivity contribution in [3.8, 4) is 0 Å². The zero-order valence-corrected chi connectivity index (χ0v) is 15.4. The van der Waals surface area contributed by atoms with Crippen LogP contribution in [0.1, 0.15) is 65.5 Å². The highest BCUT2D eigenvalue weighted by Crippen LogP contribution is 2.48. The van der Waals surface area contributed by atoms with Crippen molar-refractivity contribution in [2.45, 2.75) is 65.5 Å². The van der Waals surface area contributed by atoms with Gasteiger partial charge in [0.15, 0.2) is 0 Å². The fraction of sp³-hybridized carbons (Fsp3) is 0.700. The molecule has 2 aliphatic rings. The highest BCUT2D eigenvalue weighted by Gasteiger charge is 2.49. The van der Waals surface area contributed by atoms with Crippen LogP contribution in [0, 0.1) is 5.92 Å². The van der Waals surface area contributed by atoms with Gasteiger partial charge >= 0.3 is 0 Å². The van der Waals surface area contributed by atoms with Crippen molar-refractivity contribution < 1.29 is 4.74 Å². The standard InChI is InChI=1S/C16H23NO.2C2H6/c1-13-11-16(18-12-13)9-6-10-17(2)15(16)14-7-4-3-5-8-14;2*1-2/h3-5,7-8,13,15H,6,9-12H2,1-2H3;2*1-2H3. The summed E-state index contributed by atoms with van der Waals surface area (Å²) in [6.07, 6.45) is 3.67. The summed E-state index contributed by atoms with van der Waals surface area (Å²) in [6.45, 7) is 12.4. The molecule has 0 N–H and O–H groups in total. The Morgan fingerprint density at radius 3 is 2.27 bits per heavy atom. The van der Waals surface area contributed by atoms with Crippen LogP contribution in [-0.4, -0.2) is 30.7 Å². The first-order valence-corrected chi connectivity index (χ1v) is 9.10. The van der Waals surface area contributed by atoms with E-state index >= 15 is 0 Å². The van der Waals surface area contributed by atoms with Crippen LogP contribution >= 0.6 is 0 Å². The average molecular weight is 306 g/mol. The lowest BCUT2D eigenvalue weighted by atomic mass is 9.77. The maximum absolute atomic E-state index is 6.29. The van der Waals surface area contributed by atoms with Crippen molar-refractivity contribution in [1.82, 2.24) is 4.90 Å². The third-order valence-corrected chi connectivity index (χ3v) is 4.51. The SMILES string of the molecule is CC.CC.CC1COC2(CCCN(C)C2c2ccccc2)C1. The summed E-state index contributed by atoms with van der Waals surface area (Å²) in [5, 5.41) is 0. The van der Waals surface area contributed by atoms with Gasteiger partial charge < -0.3 is 4.74 Å². The molecule has 0 bridgehead atoms. The van der Waals surface area contributed by atoms with E-state index in [1.807, 2.05) is 27.7 Å². The molecule has 1 aromatic carbocycles. The van der Waals surface area contributed by atoms with Gasteiger partial charge in [0.05, 0.1) is 18.2 Å². The van der Waals surface area contributed by atoms with E-state index in [1.54, 1.807) is 0 Å². The fourth-order valence-electron chi connectivity index (χ4n) is 3.87. The first-order chi connectivity index (χ1) is 10.7. The third-order valence-electron chi connectivity index (χ3n) is 4.51. The Balaban J connectivity index is 0.000000561. The number of piperidine rings is 1. The molecule has 2 saturated heterocycles. The van der Waals surface area contributed by atoms with Crippen LogP contribution in [0.3, 0.4) is 0 Å². The molecular weight excluding hydrogens is 270 g/mol. The van der Waals surface area contributed by atoms with Crippen LogP contribution < -0.4 is 0 Å². The number of benzene rings is 1. The van der Waals surface area contributed by atoms with E-state index in [0.29, 0.717) is 12.0 Å². The Bertz CT molecular complexity index is 401. The van der Waals surface area contributed by atoms with Gasteiger partial charge in [-0.2, -0.15) is 0 Å². The van der Waals surface area contributed by atoms with Crippen molar-refractivity contribution in [2.24, 2.45) is 5.92 Å². The Morgan fingerprint density at radius 1 is 1.09 bits per heavy atom. The monoisotopic (exact) mass is 305 g/mol. The molecule has 2 heterocycles. The lowest BCUT2D eigenvalue weighted by molar-refractivity contribution is -0.0903. The third kappa shape index (κ3) is 4.11. The predicted molar refractivity (Wildman–Crippen MR) is 96.2 cm³/mol. The second kappa shape index (κ2) is 9.32. The molecule has 0 radical (unpaired) electrons. The molecule has 0 aliphatic carbocycles. The molecule has 2 nitrogen and oxygen atoms in total. The summed E-state index contributed by atoms with van der Waals surface area (Å²) in [5.41, 5.74) is 1.47. The van der Waals surface area contributed by atoms with Crippen molar-refractivity contribution in [3.63, 3.8) is 0 Å². The number of hydrogen-bond acceptors (Lipinski definition) is 2. The van der Waals surface area contributed by atoms with Gasteiger partial charge in [-0.15, -0.1) is 0 Å². The van der Waals surface area contributed by atoms with E-state index in [9.17, 15) is 0 Å². The molecule has 22 heavy (non-hydrogen) atoms. The summed E-state index contributed by atoms with van der Waals surface area (Å²) in [4.78, 5) is 2.48. The van der Waals surface area contributed by atoms with Crippen molar-refractivity contribution in [3.05, 3.63) is 35.9 Å². The van der Waals surface area contributed by atoms with Gasteiger partial charge in [-0.05, 0) is 44.3 Å².